The fourth-order valence-corrected chi connectivity index (χ4v) is 4.16. The second kappa shape index (κ2) is 5.33. The molecule has 2 bridgehead atoms. The number of rotatable bonds is 3. The van der Waals surface area contributed by atoms with E-state index in [1.807, 2.05) is 0 Å². The number of halogens is 2. The quantitative estimate of drug-likeness (QED) is 0.643. The van der Waals surface area contributed by atoms with Crippen molar-refractivity contribution in [2.45, 2.75) is 56.8 Å². The fourth-order valence-electron chi connectivity index (χ4n) is 3.97. The van der Waals surface area contributed by atoms with Crippen LogP contribution >= 0.6 is 0 Å². The highest BCUT2D eigenvalue weighted by atomic mass is 32.2. The van der Waals surface area contributed by atoms with Crippen molar-refractivity contribution in [3.63, 3.8) is 0 Å². The van der Waals surface area contributed by atoms with Crippen LogP contribution < -0.4 is 0 Å². The highest BCUT2D eigenvalue weighted by molar-refractivity contribution is 7.81. The van der Waals surface area contributed by atoms with Crippen molar-refractivity contribution < 1.29 is 27.1 Å². The highest BCUT2D eigenvalue weighted by Crippen LogP contribution is 2.48. The normalized spacial score (nSPS) is 39.1. The van der Waals surface area contributed by atoms with Gasteiger partial charge in [0.15, 0.2) is 0 Å². The molecule has 0 aliphatic heterocycles. The summed E-state index contributed by atoms with van der Waals surface area (Å²) in [5, 5.41) is -4.36. The van der Waals surface area contributed by atoms with Crippen molar-refractivity contribution in [2.24, 2.45) is 17.8 Å². The van der Waals surface area contributed by atoms with Crippen molar-refractivity contribution in [3.8, 4) is 0 Å². The van der Waals surface area contributed by atoms with Crippen LogP contribution in [0.4, 0.5) is 8.78 Å². The van der Waals surface area contributed by atoms with Crippen LogP contribution in [0, 0.1) is 17.8 Å². The molecule has 2 aliphatic rings. The first-order valence-corrected chi connectivity index (χ1v) is 7.95. The minimum atomic E-state index is -4.36. The van der Waals surface area contributed by atoms with Crippen molar-refractivity contribution >= 4 is 17.0 Å². The lowest BCUT2D eigenvalue weighted by molar-refractivity contribution is -0.184. The van der Waals surface area contributed by atoms with Crippen LogP contribution in [0.5, 0.6) is 0 Å². The van der Waals surface area contributed by atoms with Gasteiger partial charge in [-0.2, -0.15) is 8.78 Å². The van der Waals surface area contributed by atoms with Gasteiger partial charge in [0.05, 0.1) is 0 Å². The van der Waals surface area contributed by atoms with Gasteiger partial charge in [0.1, 0.15) is 5.60 Å². The number of ether oxygens (including phenoxy) is 1. The number of carbonyl (C=O) groups is 1. The number of alkyl halides is 2. The minimum Gasteiger partial charge on any atom is -0.454 e. The number of carbonyl (C=O) groups excluding carboxylic acids is 1. The minimum absolute atomic E-state index is 0.378. The molecule has 0 radical (unpaired) electrons. The third-order valence-electron chi connectivity index (χ3n) is 4.38. The summed E-state index contributed by atoms with van der Waals surface area (Å²) < 4.78 is 50.3. The van der Waals surface area contributed by atoms with E-state index in [1.165, 1.54) is 0 Å². The fraction of sp³-hybridized carbons (Fsp3) is 0.923. The van der Waals surface area contributed by atoms with Crippen molar-refractivity contribution in [1.29, 1.82) is 0 Å². The SMILES string of the molecule is CC1CC2CC(C1)CC(C)(OC(=O)C(F)(F)S(=O)O)C2. The molecular weight excluding hydrogens is 290 g/mol. The molecule has 2 rings (SSSR count). The first-order chi connectivity index (χ1) is 9.12. The number of hydrogen-bond donors (Lipinski definition) is 1. The first kappa shape index (κ1) is 15.8. The van der Waals surface area contributed by atoms with Gasteiger partial charge in [0, 0.05) is 0 Å². The van der Waals surface area contributed by atoms with Crippen LogP contribution in [0.1, 0.15) is 46.0 Å². The number of hydrogen-bond acceptors (Lipinski definition) is 3. The molecule has 2 saturated carbocycles. The number of esters is 1. The van der Waals surface area contributed by atoms with Crippen LogP contribution in [-0.4, -0.2) is 25.6 Å². The maximum absolute atomic E-state index is 13.2. The monoisotopic (exact) mass is 310 g/mol. The van der Waals surface area contributed by atoms with Gasteiger partial charge in [-0.1, -0.05) is 6.92 Å². The van der Waals surface area contributed by atoms with Crippen molar-refractivity contribution in [2.75, 3.05) is 0 Å². The maximum Gasteiger partial charge on any atom is 0.439 e. The molecule has 1 N–H and O–H groups in total. The smallest absolute Gasteiger partial charge is 0.439 e. The summed E-state index contributed by atoms with van der Waals surface area (Å²) in [5.74, 6) is -0.522. The van der Waals surface area contributed by atoms with Crippen LogP contribution in [0.25, 0.3) is 0 Å². The highest BCUT2D eigenvalue weighted by Gasteiger charge is 2.52. The zero-order valence-corrected chi connectivity index (χ0v) is 12.4. The van der Waals surface area contributed by atoms with E-state index < -0.39 is 27.9 Å². The zero-order valence-electron chi connectivity index (χ0n) is 11.6. The molecule has 20 heavy (non-hydrogen) atoms. The van der Waals surface area contributed by atoms with Crippen molar-refractivity contribution in [1.82, 2.24) is 0 Å². The van der Waals surface area contributed by atoms with E-state index in [1.54, 1.807) is 6.92 Å². The molecule has 0 heterocycles. The third kappa shape index (κ3) is 3.19. The van der Waals surface area contributed by atoms with Crippen LogP contribution in [0.15, 0.2) is 0 Å². The lowest BCUT2D eigenvalue weighted by atomic mass is 9.64. The molecule has 116 valence electrons. The lowest BCUT2D eigenvalue weighted by Crippen LogP contribution is -2.47. The molecule has 0 aromatic heterocycles. The lowest BCUT2D eigenvalue weighted by Gasteiger charge is -2.46. The van der Waals surface area contributed by atoms with E-state index in [0.717, 1.165) is 19.3 Å². The van der Waals surface area contributed by atoms with E-state index in [9.17, 15) is 17.8 Å². The second-order valence-electron chi connectivity index (χ2n) is 6.56. The molecular formula is C13H20F2O4S. The first-order valence-electron chi connectivity index (χ1n) is 6.84. The predicted octanol–water partition coefficient (Wildman–Crippen LogP) is 2.95. The zero-order chi connectivity index (χ0) is 15.1. The van der Waals surface area contributed by atoms with Gasteiger partial charge in [0.2, 0.25) is 11.1 Å². The van der Waals surface area contributed by atoms with Gasteiger partial charge in [-0.15, -0.1) is 0 Å². The Morgan fingerprint density at radius 3 is 2.25 bits per heavy atom. The van der Waals surface area contributed by atoms with E-state index in [-0.39, 0.29) is 0 Å². The van der Waals surface area contributed by atoms with Gasteiger partial charge in [-0.05, 0) is 56.8 Å². The van der Waals surface area contributed by atoms with Crippen LogP contribution in [-0.2, 0) is 20.6 Å². The standard InChI is InChI=1S/C13H20F2O4S/c1-8-3-9-5-10(4-8)7-12(2,6-9)19-11(16)13(14,15)20(17)18/h8-10H,3-7H2,1-2H3,(H,17,18). The Bertz CT molecular complexity index is 409. The van der Waals surface area contributed by atoms with E-state index in [2.05, 4.69) is 6.92 Å². The molecule has 0 saturated heterocycles. The summed E-state index contributed by atoms with van der Waals surface area (Å²) in [6.07, 6.45) is 4.19. The van der Waals surface area contributed by atoms with E-state index >= 15 is 0 Å². The topological polar surface area (TPSA) is 63.6 Å². The molecule has 0 aromatic carbocycles. The molecule has 0 spiro atoms. The predicted molar refractivity (Wildman–Crippen MR) is 69.4 cm³/mol. The summed E-state index contributed by atoms with van der Waals surface area (Å²) in [6.45, 7) is 3.83. The van der Waals surface area contributed by atoms with E-state index in [0.29, 0.717) is 30.6 Å². The summed E-state index contributed by atoms with van der Waals surface area (Å²) in [4.78, 5) is 11.4. The largest absolute Gasteiger partial charge is 0.454 e. The van der Waals surface area contributed by atoms with Gasteiger partial charge < -0.3 is 9.29 Å². The Labute approximate surface area is 119 Å². The summed E-state index contributed by atoms with van der Waals surface area (Å²) in [6, 6.07) is 0. The Morgan fingerprint density at radius 2 is 1.80 bits per heavy atom. The molecule has 0 amide bonds. The summed E-state index contributed by atoms with van der Waals surface area (Å²) >= 11 is -3.55. The maximum atomic E-state index is 13.2. The molecule has 3 unspecified atom stereocenters. The Kier molecular flexibility index (Phi) is 4.22. The average molecular weight is 310 g/mol. The van der Waals surface area contributed by atoms with Gasteiger partial charge >= 0.3 is 11.2 Å². The van der Waals surface area contributed by atoms with Crippen LogP contribution in [0.2, 0.25) is 0 Å². The van der Waals surface area contributed by atoms with Gasteiger partial charge in [0.25, 0.3) is 0 Å². The number of fused-ring (bicyclic) bond motifs is 2. The Balaban J connectivity index is 2.06. The van der Waals surface area contributed by atoms with Gasteiger partial charge in [-0.3, -0.25) is 0 Å². The van der Waals surface area contributed by atoms with E-state index in [4.69, 9.17) is 9.29 Å². The molecule has 2 aliphatic carbocycles. The molecule has 2 fully saturated rings. The molecule has 3 atom stereocenters. The Morgan fingerprint density at radius 1 is 1.30 bits per heavy atom. The average Bonchev–Trinajstić information content (AvgIpc) is 2.25. The summed E-state index contributed by atoms with van der Waals surface area (Å²) in [5.41, 5.74) is -0.951. The van der Waals surface area contributed by atoms with Crippen LogP contribution in [0.3, 0.4) is 0 Å². The summed E-state index contributed by atoms with van der Waals surface area (Å²) in [7, 11) is 0. The third-order valence-corrected chi connectivity index (χ3v) is 4.98. The molecule has 0 aromatic rings. The van der Waals surface area contributed by atoms with Gasteiger partial charge in [-0.25, -0.2) is 9.00 Å². The van der Waals surface area contributed by atoms with Crippen molar-refractivity contribution in [3.05, 3.63) is 0 Å². The second-order valence-corrected chi connectivity index (χ2v) is 7.57. The Hall–Kier alpha value is -0.560. The molecule has 4 nitrogen and oxygen atoms in total. The molecule has 7 heteroatoms.